The number of aromatic nitrogens is 3. The van der Waals surface area contributed by atoms with Crippen molar-refractivity contribution in [3.8, 4) is 5.69 Å². The summed E-state index contributed by atoms with van der Waals surface area (Å²) in [7, 11) is 0. The standard InChI is InChI=1S/C20H24F3N5O2/c1-11(2)14-6-4-5-7-15(14)28-12(3)25-18(26-28)19(30)27-10-13(17(24)29)8-9-16(27)20(21,22)23/h4-7,11,13,16H,8-10H2,1-3H3,(H2,24,29)/t13-,16-/m1/s1. The van der Waals surface area contributed by atoms with Crippen LogP contribution >= 0.6 is 0 Å². The summed E-state index contributed by atoms with van der Waals surface area (Å²) in [5, 5.41) is 4.22. The second-order valence-electron chi connectivity index (χ2n) is 7.80. The zero-order valence-electron chi connectivity index (χ0n) is 17.0. The number of para-hydroxylation sites is 1. The summed E-state index contributed by atoms with van der Waals surface area (Å²) in [5.74, 6) is -2.33. The van der Waals surface area contributed by atoms with Crippen LogP contribution < -0.4 is 5.73 Å². The van der Waals surface area contributed by atoms with Gasteiger partial charge in [0.25, 0.3) is 5.91 Å². The monoisotopic (exact) mass is 423 g/mol. The number of nitrogens with zero attached hydrogens (tertiary/aromatic N) is 4. The number of amides is 2. The molecule has 1 aliphatic rings. The molecular formula is C20H24F3N5O2. The molecule has 2 aromatic rings. The topological polar surface area (TPSA) is 94.1 Å². The second-order valence-corrected chi connectivity index (χ2v) is 7.80. The van der Waals surface area contributed by atoms with Crippen molar-refractivity contribution in [3.63, 3.8) is 0 Å². The van der Waals surface area contributed by atoms with E-state index < -0.39 is 42.9 Å². The number of piperidine rings is 1. The summed E-state index contributed by atoms with van der Waals surface area (Å²) >= 11 is 0. The Hall–Kier alpha value is -2.91. The molecule has 0 spiro atoms. The fraction of sp³-hybridized carbons (Fsp3) is 0.500. The normalized spacial score (nSPS) is 19.9. The summed E-state index contributed by atoms with van der Waals surface area (Å²) in [5.41, 5.74) is 6.95. The third kappa shape index (κ3) is 4.17. The number of carbonyl (C=O) groups is 2. The summed E-state index contributed by atoms with van der Waals surface area (Å²) in [6.45, 7) is 5.23. The maximum Gasteiger partial charge on any atom is 0.408 e. The summed E-state index contributed by atoms with van der Waals surface area (Å²) in [4.78, 5) is 29.3. The van der Waals surface area contributed by atoms with Gasteiger partial charge in [-0.05, 0) is 37.3 Å². The zero-order valence-corrected chi connectivity index (χ0v) is 17.0. The van der Waals surface area contributed by atoms with Crippen molar-refractivity contribution in [1.29, 1.82) is 0 Å². The molecule has 0 saturated carbocycles. The minimum Gasteiger partial charge on any atom is -0.369 e. The van der Waals surface area contributed by atoms with Crippen LogP contribution in [-0.4, -0.2) is 50.2 Å². The Morgan fingerprint density at radius 2 is 1.87 bits per heavy atom. The molecule has 1 aromatic heterocycles. The molecule has 2 N–H and O–H groups in total. The van der Waals surface area contributed by atoms with E-state index in [1.165, 1.54) is 4.68 Å². The molecule has 1 aliphatic heterocycles. The molecule has 10 heteroatoms. The molecule has 0 bridgehead atoms. The lowest BCUT2D eigenvalue weighted by Gasteiger charge is -2.38. The van der Waals surface area contributed by atoms with Gasteiger partial charge in [-0.25, -0.2) is 9.67 Å². The van der Waals surface area contributed by atoms with E-state index in [0.29, 0.717) is 16.4 Å². The second kappa shape index (κ2) is 8.08. The van der Waals surface area contributed by atoms with Crippen molar-refractivity contribution >= 4 is 11.8 Å². The quantitative estimate of drug-likeness (QED) is 0.818. The third-order valence-electron chi connectivity index (χ3n) is 5.37. The Morgan fingerprint density at radius 1 is 1.20 bits per heavy atom. The number of hydrogen-bond donors (Lipinski definition) is 1. The number of hydrogen-bond acceptors (Lipinski definition) is 4. The van der Waals surface area contributed by atoms with E-state index in [0.717, 1.165) is 5.56 Å². The number of likely N-dealkylation sites (tertiary alicyclic amines) is 1. The summed E-state index contributed by atoms with van der Waals surface area (Å²) in [6, 6.07) is 5.42. The first-order chi connectivity index (χ1) is 14.0. The van der Waals surface area contributed by atoms with Gasteiger partial charge in [-0.3, -0.25) is 9.59 Å². The fourth-order valence-corrected chi connectivity index (χ4v) is 3.77. The predicted molar refractivity (Wildman–Crippen MR) is 103 cm³/mol. The molecule has 0 radical (unpaired) electrons. The molecule has 3 rings (SSSR count). The number of nitrogens with two attached hydrogens (primary N) is 1. The van der Waals surface area contributed by atoms with E-state index in [9.17, 15) is 22.8 Å². The summed E-state index contributed by atoms with van der Waals surface area (Å²) < 4.78 is 42.1. The van der Waals surface area contributed by atoms with Crippen LogP contribution in [0.15, 0.2) is 24.3 Å². The van der Waals surface area contributed by atoms with Gasteiger partial charge in [0.1, 0.15) is 11.9 Å². The van der Waals surface area contributed by atoms with E-state index in [2.05, 4.69) is 10.1 Å². The number of carbonyl (C=O) groups excluding carboxylic acids is 2. The number of aryl methyl sites for hydroxylation is 1. The Balaban J connectivity index is 1.98. The highest BCUT2D eigenvalue weighted by molar-refractivity contribution is 5.91. The van der Waals surface area contributed by atoms with Gasteiger partial charge >= 0.3 is 6.18 Å². The minimum absolute atomic E-state index is 0.0219. The third-order valence-corrected chi connectivity index (χ3v) is 5.37. The van der Waals surface area contributed by atoms with E-state index in [4.69, 9.17) is 5.73 Å². The van der Waals surface area contributed by atoms with Crippen molar-refractivity contribution in [1.82, 2.24) is 19.7 Å². The van der Waals surface area contributed by atoms with Gasteiger partial charge in [0.15, 0.2) is 0 Å². The fourth-order valence-electron chi connectivity index (χ4n) is 3.77. The summed E-state index contributed by atoms with van der Waals surface area (Å²) in [6.07, 6.45) is -5.04. The number of benzene rings is 1. The molecule has 7 nitrogen and oxygen atoms in total. The number of rotatable bonds is 4. The zero-order chi connectivity index (χ0) is 22.2. The highest BCUT2D eigenvalue weighted by atomic mass is 19.4. The van der Waals surface area contributed by atoms with Gasteiger partial charge in [-0.15, -0.1) is 5.10 Å². The molecule has 2 atom stereocenters. The smallest absolute Gasteiger partial charge is 0.369 e. The predicted octanol–water partition coefficient (Wildman–Crippen LogP) is 2.97. The molecule has 1 aromatic carbocycles. The van der Waals surface area contributed by atoms with Crippen molar-refractivity contribution in [3.05, 3.63) is 41.5 Å². The van der Waals surface area contributed by atoms with Gasteiger partial charge in [0, 0.05) is 6.54 Å². The average Bonchev–Trinajstić information content (AvgIpc) is 3.07. The van der Waals surface area contributed by atoms with E-state index in [-0.39, 0.29) is 18.2 Å². The molecule has 30 heavy (non-hydrogen) atoms. The van der Waals surface area contributed by atoms with Crippen LogP contribution in [0.2, 0.25) is 0 Å². The Bertz CT molecular complexity index is 954. The number of primary amides is 1. The van der Waals surface area contributed by atoms with Crippen LogP contribution in [0, 0.1) is 12.8 Å². The van der Waals surface area contributed by atoms with Crippen molar-refractivity contribution < 1.29 is 22.8 Å². The lowest BCUT2D eigenvalue weighted by molar-refractivity contribution is -0.187. The first-order valence-corrected chi connectivity index (χ1v) is 9.70. The van der Waals surface area contributed by atoms with Gasteiger partial charge in [0.05, 0.1) is 11.6 Å². The van der Waals surface area contributed by atoms with E-state index in [1.54, 1.807) is 6.92 Å². The first kappa shape index (κ1) is 21.8. The number of alkyl halides is 3. The Labute approximate surface area is 172 Å². The SMILES string of the molecule is Cc1nc(C(=O)N2C[C@H](C(N)=O)CC[C@@H]2C(F)(F)F)nn1-c1ccccc1C(C)C. The largest absolute Gasteiger partial charge is 0.408 e. The molecule has 2 amide bonds. The molecule has 0 unspecified atom stereocenters. The van der Waals surface area contributed by atoms with Gasteiger partial charge in [0.2, 0.25) is 11.7 Å². The van der Waals surface area contributed by atoms with Crippen LogP contribution in [0.5, 0.6) is 0 Å². The molecule has 1 fully saturated rings. The van der Waals surface area contributed by atoms with Crippen LogP contribution in [0.1, 0.15) is 54.6 Å². The van der Waals surface area contributed by atoms with Crippen LogP contribution in [0.3, 0.4) is 0 Å². The lowest BCUT2D eigenvalue weighted by Crippen LogP contribution is -2.55. The van der Waals surface area contributed by atoms with Gasteiger partial charge < -0.3 is 10.6 Å². The van der Waals surface area contributed by atoms with Crippen LogP contribution in [-0.2, 0) is 4.79 Å². The van der Waals surface area contributed by atoms with Gasteiger partial charge in [-0.1, -0.05) is 32.0 Å². The molecule has 2 heterocycles. The maximum absolute atomic E-state index is 13.5. The first-order valence-electron chi connectivity index (χ1n) is 9.70. The molecular weight excluding hydrogens is 399 g/mol. The molecule has 1 saturated heterocycles. The molecule has 0 aliphatic carbocycles. The molecule has 162 valence electrons. The van der Waals surface area contributed by atoms with Crippen LogP contribution in [0.4, 0.5) is 13.2 Å². The number of halogens is 3. The van der Waals surface area contributed by atoms with E-state index in [1.807, 2.05) is 38.1 Å². The Morgan fingerprint density at radius 3 is 2.47 bits per heavy atom. The van der Waals surface area contributed by atoms with Crippen molar-refractivity contribution in [2.45, 2.75) is 51.7 Å². The van der Waals surface area contributed by atoms with Crippen molar-refractivity contribution in [2.75, 3.05) is 6.54 Å². The lowest BCUT2D eigenvalue weighted by atomic mass is 9.91. The highest BCUT2D eigenvalue weighted by Gasteiger charge is 2.49. The average molecular weight is 423 g/mol. The van der Waals surface area contributed by atoms with Gasteiger partial charge in [-0.2, -0.15) is 13.2 Å². The Kier molecular flexibility index (Phi) is 5.87. The highest BCUT2D eigenvalue weighted by Crippen LogP contribution is 2.34. The van der Waals surface area contributed by atoms with E-state index >= 15 is 0 Å². The maximum atomic E-state index is 13.5. The van der Waals surface area contributed by atoms with Crippen LogP contribution in [0.25, 0.3) is 5.69 Å². The minimum atomic E-state index is -4.62. The van der Waals surface area contributed by atoms with Crippen molar-refractivity contribution in [2.24, 2.45) is 11.7 Å².